The van der Waals surface area contributed by atoms with E-state index in [2.05, 4.69) is 29.4 Å². The number of nitrogens with one attached hydrogen (secondary N) is 2. The molecule has 0 aliphatic heterocycles. The van der Waals surface area contributed by atoms with Crippen molar-refractivity contribution in [2.75, 3.05) is 0 Å². The number of hydrogen-bond acceptors (Lipinski definition) is 2. The van der Waals surface area contributed by atoms with Crippen LogP contribution in [0.2, 0.25) is 0 Å². The number of H-pyrrole nitrogens is 1. The van der Waals surface area contributed by atoms with Crippen LogP contribution in [-0.2, 0) is 19.4 Å². The molecule has 0 aromatic carbocycles. The fourth-order valence-electron chi connectivity index (χ4n) is 2.00. The third-order valence-electron chi connectivity index (χ3n) is 2.82. The van der Waals surface area contributed by atoms with Crippen molar-refractivity contribution in [3.8, 4) is 0 Å². The molecule has 1 aliphatic rings. The minimum Gasteiger partial charge on any atom is -0.309 e. The van der Waals surface area contributed by atoms with Crippen LogP contribution < -0.4 is 5.32 Å². The van der Waals surface area contributed by atoms with Gasteiger partial charge in [-0.15, -0.1) is 0 Å². The quantitative estimate of drug-likeness (QED) is 0.768. The molecule has 0 saturated carbocycles. The van der Waals surface area contributed by atoms with Crippen molar-refractivity contribution in [1.29, 1.82) is 0 Å². The second-order valence-corrected chi connectivity index (χ2v) is 4.37. The molecule has 14 heavy (non-hydrogen) atoms. The summed E-state index contributed by atoms with van der Waals surface area (Å²) in [5, 5.41) is 11.0. The molecule has 0 unspecified atom stereocenters. The van der Waals surface area contributed by atoms with Gasteiger partial charge in [-0.2, -0.15) is 5.10 Å². The van der Waals surface area contributed by atoms with Crippen molar-refractivity contribution in [1.82, 2.24) is 15.5 Å². The molecule has 1 aromatic rings. The Labute approximate surface area is 85.3 Å². The summed E-state index contributed by atoms with van der Waals surface area (Å²) in [6.07, 6.45) is 5.03. The van der Waals surface area contributed by atoms with Crippen molar-refractivity contribution < 1.29 is 0 Å². The predicted octanol–water partition coefficient (Wildman–Crippen LogP) is 1.79. The van der Waals surface area contributed by atoms with Crippen LogP contribution in [-0.4, -0.2) is 16.2 Å². The van der Waals surface area contributed by atoms with Gasteiger partial charge in [0.05, 0.1) is 5.69 Å². The molecule has 0 amide bonds. The summed E-state index contributed by atoms with van der Waals surface area (Å²) in [7, 11) is 0. The Morgan fingerprint density at radius 1 is 1.36 bits per heavy atom. The smallest absolute Gasteiger partial charge is 0.0794 e. The molecule has 3 nitrogen and oxygen atoms in total. The van der Waals surface area contributed by atoms with E-state index in [1.165, 1.54) is 42.6 Å². The summed E-state index contributed by atoms with van der Waals surface area (Å²) in [5.41, 5.74) is 4.08. The largest absolute Gasteiger partial charge is 0.309 e. The van der Waals surface area contributed by atoms with Crippen LogP contribution in [0.25, 0.3) is 0 Å². The first kappa shape index (κ1) is 9.71. The van der Waals surface area contributed by atoms with Crippen molar-refractivity contribution in [3.63, 3.8) is 0 Å². The molecule has 1 heterocycles. The van der Waals surface area contributed by atoms with E-state index in [0.717, 1.165) is 6.54 Å². The van der Waals surface area contributed by atoms with Gasteiger partial charge in [0.1, 0.15) is 0 Å². The number of fused-ring (bicyclic) bond motifs is 1. The van der Waals surface area contributed by atoms with Gasteiger partial charge in [0.15, 0.2) is 0 Å². The van der Waals surface area contributed by atoms with Crippen molar-refractivity contribution in [2.45, 2.75) is 52.1 Å². The first-order valence-corrected chi connectivity index (χ1v) is 5.55. The molecule has 0 bridgehead atoms. The average Bonchev–Trinajstić information content (AvgIpc) is 2.58. The van der Waals surface area contributed by atoms with E-state index in [1.807, 2.05) is 0 Å². The van der Waals surface area contributed by atoms with E-state index in [0.29, 0.717) is 6.04 Å². The number of rotatable bonds is 3. The molecular formula is C11H19N3. The Morgan fingerprint density at radius 2 is 2.14 bits per heavy atom. The van der Waals surface area contributed by atoms with E-state index in [1.54, 1.807) is 0 Å². The summed E-state index contributed by atoms with van der Waals surface area (Å²) >= 11 is 0. The fourth-order valence-corrected chi connectivity index (χ4v) is 2.00. The third-order valence-corrected chi connectivity index (χ3v) is 2.82. The van der Waals surface area contributed by atoms with Crippen LogP contribution in [0.3, 0.4) is 0 Å². The SMILES string of the molecule is CC(C)NCc1n[nH]c2c1CCCC2. The highest BCUT2D eigenvalue weighted by molar-refractivity contribution is 5.27. The summed E-state index contributed by atoms with van der Waals surface area (Å²) in [6, 6.07) is 0.533. The lowest BCUT2D eigenvalue weighted by atomic mass is 9.96. The highest BCUT2D eigenvalue weighted by Crippen LogP contribution is 2.21. The molecule has 0 atom stereocenters. The second-order valence-electron chi connectivity index (χ2n) is 4.37. The monoisotopic (exact) mass is 193 g/mol. The minimum absolute atomic E-state index is 0.533. The topological polar surface area (TPSA) is 40.7 Å². The van der Waals surface area contributed by atoms with E-state index in [4.69, 9.17) is 0 Å². The Bertz CT molecular complexity index is 301. The number of aryl methyl sites for hydroxylation is 1. The Balaban J connectivity index is 2.06. The van der Waals surface area contributed by atoms with E-state index in [9.17, 15) is 0 Å². The van der Waals surface area contributed by atoms with Crippen LogP contribution in [0.1, 0.15) is 43.6 Å². The predicted molar refractivity (Wildman–Crippen MR) is 57.2 cm³/mol. The van der Waals surface area contributed by atoms with Gasteiger partial charge in [-0.3, -0.25) is 5.10 Å². The summed E-state index contributed by atoms with van der Waals surface area (Å²) in [5.74, 6) is 0. The van der Waals surface area contributed by atoms with Crippen molar-refractivity contribution in [2.24, 2.45) is 0 Å². The number of aromatic nitrogens is 2. The van der Waals surface area contributed by atoms with Crippen LogP contribution in [0.5, 0.6) is 0 Å². The molecular weight excluding hydrogens is 174 g/mol. The molecule has 78 valence electrons. The lowest BCUT2D eigenvalue weighted by Gasteiger charge is -2.12. The summed E-state index contributed by atoms with van der Waals surface area (Å²) in [6.45, 7) is 5.24. The van der Waals surface area contributed by atoms with Crippen LogP contribution >= 0.6 is 0 Å². The maximum absolute atomic E-state index is 4.38. The minimum atomic E-state index is 0.533. The van der Waals surface area contributed by atoms with E-state index < -0.39 is 0 Å². The second kappa shape index (κ2) is 4.13. The van der Waals surface area contributed by atoms with Gasteiger partial charge < -0.3 is 5.32 Å². The number of aromatic amines is 1. The average molecular weight is 193 g/mol. The Morgan fingerprint density at radius 3 is 2.93 bits per heavy atom. The molecule has 0 spiro atoms. The van der Waals surface area contributed by atoms with E-state index in [-0.39, 0.29) is 0 Å². The van der Waals surface area contributed by atoms with Gasteiger partial charge in [-0.25, -0.2) is 0 Å². The zero-order chi connectivity index (χ0) is 9.97. The third kappa shape index (κ3) is 1.98. The number of nitrogens with zero attached hydrogens (tertiary/aromatic N) is 1. The van der Waals surface area contributed by atoms with E-state index >= 15 is 0 Å². The molecule has 1 aromatic heterocycles. The first-order chi connectivity index (χ1) is 6.77. The van der Waals surface area contributed by atoms with Gasteiger partial charge in [-0.05, 0) is 31.2 Å². The van der Waals surface area contributed by atoms with Gasteiger partial charge in [0, 0.05) is 18.3 Å². The highest BCUT2D eigenvalue weighted by atomic mass is 15.1. The first-order valence-electron chi connectivity index (χ1n) is 5.55. The van der Waals surface area contributed by atoms with Crippen LogP contribution in [0.15, 0.2) is 0 Å². The van der Waals surface area contributed by atoms with Gasteiger partial charge in [0.25, 0.3) is 0 Å². The van der Waals surface area contributed by atoms with Gasteiger partial charge >= 0.3 is 0 Å². The zero-order valence-electron chi connectivity index (χ0n) is 9.06. The van der Waals surface area contributed by atoms with Gasteiger partial charge in [0.2, 0.25) is 0 Å². The van der Waals surface area contributed by atoms with Gasteiger partial charge in [-0.1, -0.05) is 13.8 Å². The molecule has 3 heteroatoms. The summed E-state index contributed by atoms with van der Waals surface area (Å²) < 4.78 is 0. The molecule has 2 N–H and O–H groups in total. The molecule has 0 saturated heterocycles. The van der Waals surface area contributed by atoms with Crippen molar-refractivity contribution in [3.05, 3.63) is 17.0 Å². The maximum atomic E-state index is 4.38. The number of hydrogen-bond donors (Lipinski definition) is 2. The Kier molecular flexibility index (Phi) is 2.87. The summed E-state index contributed by atoms with van der Waals surface area (Å²) in [4.78, 5) is 0. The lowest BCUT2D eigenvalue weighted by molar-refractivity contribution is 0.576. The lowest BCUT2D eigenvalue weighted by Crippen LogP contribution is -2.22. The van der Waals surface area contributed by atoms with Crippen molar-refractivity contribution >= 4 is 0 Å². The maximum Gasteiger partial charge on any atom is 0.0794 e. The zero-order valence-corrected chi connectivity index (χ0v) is 9.06. The Hall–Kier alpha value is -0.830. The molecule has 0 radical (unpaired) electrons. The van der Waals surface area contributed by atoms with Crippen LogP contribution in [0.4, 0.5) is 0 Å². The molecule has 2 rings (SSSR count). The molecule has 1 aliphatic carbocycles. The van der Waals surface area contributed by atoms with Crippen LogP contribution in [0, 0.1) is 0 Å². The normalized spacial score (nSPS) is 15.9. The highest BCUT2D eigenvalue weighted by Gasteiger charge is 2.16. The molecule has 0 fully saturated rings. The standard InChI is InChI=1S/C11H19N3/c1-8(2)12-7-11-9-5-3-4-6-10(9)13-14-11/h8,12H,3-7H2,1-2H3,(H,13,14). The fraction of sp³-hybridized carbons (Fsp3) is 0.727.